The van der Waals surface area contributed by atoms with Gasteiger partial charge in [0, 0.05) is 30.4 Å². The number of para-hydroxylation sites is 1. The summed E-state index contributed by atoms with van der Waals surface area (Å²) in [4.78, 5) is 29.2. The van der Waals surface area contributed by atoms with Crippen LogP contribution in [0.5, 0.6) is 0 Å². The molecule has 1 fully saturated rings. The Morgan fingerprint density at radius 3 is 2.29 bits per heavy atom. The van der Waals surface area contributed by atoms with Gasteiger partial charge in [-0.25, -0.2) is 4.68 Å². The average molecular weight is 469 g/mol. The van der Waals surface area contributed by atoms with E-state index in [2.05, 4.69) is 5.32 Å². The van der Waals surface area contributed by atoms with Crippen LogP contribution in [0.25, 0.3) is 22.3 Å². The molecule has 0 spiro atoms. The fourth-order valence-corrected chi connectivity index (χ4v) is 4.72. The predicted molar refractivity (Wildman–Crippen MR) is 135 cm³/mol. The molecule has 4 aromatic rings. The van der Waals surface area contributed by atoms with Gasteiger partial charge in [-0.05, 0) is 54.6 Å². The molecular weight excluding hydrogens is 444 g/mol. The number of aromatic nitrogens is 2. The number of benzene rings is 2. The highest BCUT2D eigenvalue weighted by Gasteiger charge is 2.24. The summed E-state index contributed by atoms with van der Waals surface area (Å²) in [6.07, 6.45) is 5.59. The second kappa shape index (κ2) is 9.89. The summed E-state index contributed by atoms with van der Waals surface area (Å²) in [5, 5.41) is 9.69. The molecule has 0 saturated carbocycles. The minimum absolute atomic E-state index is 0.175. The van der Waals surface area contributed by atoms with Crippen LogP contribution in [-0.2, 0) is 4.79 Å². The van der Waals surface area contributed by atoms with Gasteiger partial charge in [0.25, 0.3) is 11.8 Å². The number of rotatable bonds is 6. The number of thiophene rings is 1. The van der Waals surface area contributed by atoms with Crippen molar-refractivity contribution < 1.29 is 9.59 Å². The first-order valence-electron chi connectivity index (χ1n) is 11.3. The van der Waals surface area contributed by atoms with Crippen LogP contribution in [0.2, 0.25) is 0 Å². The topological polar surface area (TPSA) is 67.2 Å². The molecule has 7 heteroatoms. The van der Waals surface area contributed by atoms with E-state index >= 15 is 0 Å². The Morgan fingerprint density at radius 2 is 1.62 bits per heavy atom. The van der Waals surface area contributed by atoms with Crippen molar-refractivity contribution in [1.29, 1.82) is 0 Å². The minimum atomic E-state index is -0.312. The van der Waals surface area contributed by atoms with Crippen LogP contribution >= 0.6 is 11.3 Å². The van der Waals surface area contributed by atoms with E-state index < -0.39 is 0 Å². The number of nitrogens with zero attached hydrogens (tertiary/aromatic N) is 3. The van der Waals surface area contributed by atoms with Crippen LogP contribution in [0.4, 0.5) is 0 Å². The number of nitrogens with one attached hydrogen (secondary N) is 1. The number of carbonyl (C=O) groups excluding carboxylic acids is 2. The van der Waals surface area contributed by atoms with E-state index in [1.54, 1.807) is 51.3 Å². The maximum Gasteiger partial charge on any atom is 0.270 e. The molecule has 0 radical (unpaired) electrons. The average Bonchev–Trinajstić information content (AvgIpc) is 3.66. The van der Waals surface area contributed by atoms with Gasteiger partial charge in [0.05, 0.1) is 10.6 Å². The van der Waals surface area contributed by atoms with Gasteiger partial charge < -0.3 is 10.2 Å². The fourth-order valence-electron chi connectivity index (χ4n) is 3.99. The molecule has 0 atom stereocenters. The third kappa shape index (κ3) is 4.70. The van der Waals surface area contributed by atoms with Crippen LogP contribution in [0.15, 0.2) is 90.1 Å². The van der Waals surface area contributed by atoms with Crippen molar-refractivity contribution >= 4 is 29.2 Å². The highest BCUT2D eigenvalue weighted by Crippen LogP contribution is 2.29. The molecule has 2 aromatic heterocycles. The zero-order valence-corrected chi connectivity index (χ0v) is 19.4. The molecule has 3 heterocycles. The van der Waals surface area contributed by atoms with E-state index in [0.717, 1.165) is 34.7 Å². The normalized spacial score (nSPS) is 13.8. The quantitative estimate of drug-likeness (QED) is 0.405. The Kier molecular flexibility index (Phi) is 6.35. The number of hydrogen-bond donors (Lipinski definition) is 1. The molecule has 6 nitrogen and oxygen atoms in total. The molecule has 5 rings (SSSR count). The van der Waals surface area contributed by atoms with Crippen molar-refractivity contribution in [2.75, 3.05) is 13.1 Å². The molecule has 170 valence electrons. The Balaban J connectivity index is 1.57. The molecule has 2 aromatic carbocycles. The largest absolute Gasteiger partial charge is 0.337 e. The summed E-state index contributed by atoms with van der Waals surface area (Å²) in [7, 11) is 0. The maximum atomic E-state index is 13.4. The first-order chi connectivity index (χ1) is 16.7. The van der Waals surface area contributed by atoms with Gasteiger partial charge in [-0.1, -0.05) is 42.5 Å². The monoisotopic (exact) mass is 468 g/mol. The molecule has 1 N–H and O–H groups in total. The number of amides is 2. The first kappa shape index (κ1) is 21.9. The lowest BCUT2D eigenvalue weighted by molar-refractivity contribution is -0.126. The molecule has 0 unspecified atom stereocenters. The lowest BCUT2D eigenvalue weighted by Gasteiger charge is -2.18. The van der Waals surface area contributed by atoms with E-state index in [1.165, 1.54) is 0 Å². The van der Waals surface area contributed by atoms with Gasteiger partial charge in [-0.2, -0.15) is 5.10 Å². The Hall–Kier alpha value is -3.97. The van der Waals surface area contributed by atoms with Gasteiger partial charge in [0.2, 0.25) is 0 Å². The summed E-state index contributed by atoms with van der Waals surface area (Å²) in [5.41, 5.74) is 3.20. The SMILES string of the molecule is O=C(NC(=Cc1cn(-c2ccccc2)nc1-c1cccs1)C(=O)N1CCCC1)c1ccccc1. The summed E-state index contributed by atoms with van der Waals surface area (Å²) < 4.78 is 1.80. The molecule has 1 aliphatic heterocycles. The van der Waals surface area contributed by atoms with E-state index in [9.17, 15) is 9.59 Å². The molecule has 2 amide bonds. The molecule has 1 saturated heterocycles. The van der Waals surface area contributed by atoms with Crippen molar-refractivity contribution in [3.05, 3.63) is 101 Å². The summed E-state index contributed by atoms with van der Waals surface area (Å²) >= 11 is 1.58. The molecular formula is C27H24N4O2S. The Bertz CT molecular complexity index is 1310. The highest BCUT2D eigenvalue weighted by molar-refractivity contribution is 7.13. The molecule has 1 aliphatic rings. The third-order valence-corrected chi connectivity index (χ3v) is 6.60. The van der Waals surface area contributed by atoms with Crippen LogP contribution < -0.4 is 5.32 Å². The van der Waals surface area contributed by atoms with Gasteiger partial charge in [-0.15, -0.1) is 11.3 Å². The van der Waals surface area contributed by atoms with E-state index in [0.29, 0.717) is 18.7 Å². The zero-order valence-electron chi connectivity index (χ0n) is 18.6. The predicted octanol–water partition coefficient (Wildman–Crippen LogP) is 4.99. The number of hydrogen-bond acceptors (Lipinski definition) is 4. The van der Waals surface area contributed by atoms with Crippen molar-refractivity contribution in [2.24, 2.45) is 0 Å². The van der Waals surface area contributed by atoms with Crippen LogP contribution in [0.1, 0.15) is 28.8 Å². The lowest BCUT2D eigenvalue weighted by atomic mass is 10.1. The summed E-state index contributed by atoms with van der Waals surface area (Å²) in [6.45, 7) is 1.39. The van der Waals surface area contributed by atoms with Gasteiger partial charge in [-0.3, -0.25) is 9.59 Å². The molecule has 0 aliphatic carbocycles. The van der Waals surface area contributed by atoms with Gasteiger partial charge >= 0.3 is 0 Å². The van der Waals surface area contributed by atoms with E-state index in [1.807, 2.05) is 60.1 Å². The zero-order chi connectivity index (χ0) is 23.3. The van der Waals surface area contributed by atoms with Crippen LogP contribution in [0.3, 0.4) is 0 Å². The second-order valence-corrected chi connectivity index (χ2v) is 9.02. The number of carbonyl (C=O) groups is 2. The van der Waals surface area contributed by atoms with Crippen molar-refractivity contribution in [1.82, 2.24) is 20.0 Å². The second-order valence-electron chi connectivity index (χ2n) is 8.07. The van der Waals surface area contributed by atoms with Gasteiger partial charge in [0.15, 0.2) is 0 Å². The van der Waals surface area contributed by atoms with Gasteiger partial charge in [0.1, 0.15) is 11.4 Å². The van der Waals surface area contributed by atoms with Crippen LogP contribution in [-0.4, -0.2) is 39.6 Å². The number of likely N-dealkylation sites (tertiary alicyclic amines) is 1. The fraction of sp³-hybridized carbons (Fsp3) is 0.148. The van der Waals surface area contributed by atoms with Crippen molar-refractivity contribution in [2.45, 2.75) is 12.8 Å². The maximum absolute atomic E-state index is 13.4. The van der Waals surface area contributed by atoms with Crippen molar-refractivity contribution in [3.63, 3.8) is 0 Å². The molecule has 34 heavy (non-hydrogen) atoms. The standard InChI is InChI=1S/C27H24N4O2S/c32-26(20-10-3-1-4-11-20)28-23(27(33)30-15-7-8-16-30)18-21-19-31(22-12-5-2-6-13-22)29-25(21)24-14-9-17-34-24/h1-6,9-14,17-19H,7-8,15-16H2,(H,28,32). The Labute approximate surface area is 202 Å². The molecule has 0 bridgehead atoms. The van der Waals surface area contributed by atoms with E-state index in [-0.39, 0.29) is 17.5 Å². The smallest absolute Gasteiger partial charge is 0.270 e. The highest BCUT2D eigenvalue weighted by atomic mass is 32.1. The van der Waals surface area contributed by atoms with Crippen LogP contribution in [0, 0.1) is 0 Å². The van der Waals surface area contributed by atoms with Crippen molar-refractivity contribution in [3.8, 4) is 16.3 Å². The first-order valence-corrected chi connectivity index (χ1v) is 12.1. The minimum Gasteiger partial charge on any atom is -0.337 e. The summed E-state index contributed by atoms with van der Waals surface area (Å²) in [5.74, 6) is -0.487. The lowest BCUT2D eigenvalue weighted by Crippen LogP contribution is -2.36. The third-order valence-electron chi connectivity index (χ3n) is 5.73. The Morgan fingerprint density at radius 1 is 0.912 bits per heavy atom. The summed E-state index contributed by atoms with van der Waals surface area (Å²) in [6, 6.07) is 22.7. The van der Waals surface area contributed by atoms with E-state index in [4.69, 9.17) is 5.10 Å².